The number of carbonyl (C=O) groups excluding carboxylic acids is 1. The second-order valence-corrected chi connectivity index (χ2v) is 6.93. The van der Waals surface area contributed by atoms with Crippen LogP contribution in [0.25, 0.3) is 0 Å². The lowest BCUT2D eigenvalue weighted by Gasteiger charge is -2.40. The van der Waals surface area contributed by atoms with Gasteiger partial charge in [-0.05, 0) is 37.1 Å². The van der Waals surface area contributed by atoms with Gasteiger partial charge in [0.05, 0.1) is 6.10 Å². The molecular weight excluding hydrogens is 332 g/mol. The number of rotatable bonds is 5. The van der Waals surface area contributed by atoms with E-state index in [0.29, 0.717) is 11.5 Å². The quantitative estimate of drug-likeness (QED) is 0.881. The number of nitrogens with zero attached hydrogens (tertiary/aromatic N) is 2. The summed E-state index contributed by atoms with van der Waals surface area (Å²) in [6, 6.07) is 7.60. The van der Waals surface area contributed by atoms with Crippen LogP contribution >= 0.6 is 15.9 Å². The van der Waals surface area contributed by atoms with Gasteiger partial charge in [-0.25, -0.2) is 0 Å². The Balaban J connectivity index is 1.92. The molecule has 2 unspecified atom stereocenters. The van der Waals surface area contributed by atoms with Gasteiger partial charge >= 0.3 is 0 Å². The summed E-state index contributed by atoms with van der Waals surface area (Å²) in [5.74, 6) is 0.410. The van der Waals surface area contributed by atoms with E-state index in [0.717, 1.165) is 24.1 Å². The lowest BCUT2D eigenvalue weighted by molar-refractivity contribution is -0.0113. The average Bonchev–Trinajstić information content (AvgIpc) is 2.44. The van der Waals surface area contributed by atoms with Crippen molar-refractivity contribution in [3.05, 3.63) is 34.3 Å². The summed E-state index contributed by atoms with van der Waals surface area (Å²) < 4.78 is 0.972. The summed E-state index contributed by atoms with van der Waals surface area (Å²) in [4.78, 5) is 16.5. The highest BCUT2D eigenvalue weighted by Crippen LogP contribution is 2.18. The van der Waals surface area contributed by atoms with Crippen LogP contribution in [0.5, 0.6) is 0 Å². The molecule has 0 aliphatic carbocycles. The number of hydrogen-bond acceptors (Lipinski definition) is 3. The van der Waals surface area contributed by atoms with Crippen LogP contribution in [0, 0.1) is 5.92 Å². The van der Waals surface area contributed by atoms with Crippen molar-refractivity contribution in [3.8, 4) is 0 Å². The third-order valence-corrected chi connectivity index (χ3v) is 4.86. The van der Waals surface area contributed by atoms with Crippen molar-refractivity contribution in [2.24, 2.45) is 5.92 Å². The molecule has 0 spiro atoms. The van der Waals surface area contributed by atoms with E-state index >= 15 is 0 Å². The van der Waals surface area contributed by atoms with Crippen molar-refractivity contribution in [3.63, 3.8) is 0 Å². The minimum atomic E-state index is -0.172. The molecule has 1 aliphatic rings. The summed E-state index contributed by atoms with van der Waals surface area (Å²) in [6.07, 6.45) is -0.172. The van der Waals surface area contributed by atoms with Crippen molar-refractivity contribution in [1.29, 1.82) is 0 Å². The number of aliphatic hydroxyl groups is 1. The highest BCUT2D eigenvalue weighted by atomic mass is 79.9. The molecule has 1 aliphatic heterocycles. The fourth-order valence-electron chi connectivity index (χ4n) is 2.61. The minimum absolute atomic E-state index is 0.0468. The van der Waals surface area contributed by atoms with Crippen LogP contribution in [0.3, 0.4) is 0 Å². The predicted molar refractivity (Wildman–Crippen MR) is 87.3 cm³/mol. The summed E-state index contributed by atoms with van der Waals surface area (Å²) >= 11 is 3.38. The Kier molecular flexibility index (Phi) is 5.41. The van der Waals surface area contributed by atoms with Gasteiger partial charge in [-0.3, -0.25) is 9.69 Å². The van der Waals surface area contributed by atoms with E-state index in [9.17, 15) is 9.90 Å². The summed E-state index contributed by atoms with van der Waals surface area (Å²) in [7, 11) is 1.86. The SMILES string of the molecule is CC(CN1CC(O)C1)C(C)N(C)C(=O)c1ccc(Br)cc1. The summed E-state index contributed by atoms with van der Waals surface area (Å²) in [5.41, 5.74) is 0.708. The van der Waals surface area contributed by atoms with E-state index in [2.05, 4.69) is 34.7 Å². The molecule has 116 valence electrons. The van der Waals surface area contributed by atoms with Crippen LogP contribution in [-0.2, 0) is 0 Å². The molecule has 2 rings (SSSR count). The highest BCUT2D eigenvalue weighted by Gasteiger charge is 2.29. The smallest absolute Gasteiger partial charge is 0.253 e. The van der Waals surface area contributed by atoms with Gasteiger partial charge in [0, 0.05) is 42.8 Å². The topological polar surface area (TPSA) is 43.8 Å². The molecule has 5 heteroatoms. The van der Waals surface area contributed by atoms with Gasteiger partial charge in [0.1, 0.15) is 0 Å². The Morgan fingerprint density at radius 2 is 1.95 bits per heavy atom. The standard InChI is InChI=1S/C16H23BrN2O2/c1-11(8-19-9-15(20)10-19)12(2)18(3)16(21)13-4-6-14(17)7-5-13/h4-7,11-12,15,20H,8-10H2,1-3H3. The Hall–Kier alpha value is -0.910. The van der Waals surface area contributed by atoms with Gasteiger partial charge in [-0.2, -0.15) is 0 Å². The van der Waals surface area contributed by atoms with Crippen molar-refractivity contribution >= 4 is 21.8 Å². The van der Waals surface area contributed by atoms with E-state index in [1.165, 1.54) is 0 Å². The van der Waals surface area contributed by atoms with Crippen molar-refractivity contribution in [2.75, 3.05) is 26.7 Å². The zero-order chi connectivity index (χ0) is 15.6. The zero-order valence-electron chi connectivity index (χ0n) is 12.8. The molecule has 2 atom stereocenters. The summed E-state index contributed by atoms with van der Waals surface area (Å²) in [6.45, 7) is 6.65. The van der Waals surface area contributed by atoms with Crippen LogP contribution in [0.4, 0.5) is 0 Å². The number of halogens is 1. The molecule has 1 N–H and O–H groups in total. The first-order chi connectivity index (χ1) is 9.88. The monoisotopic (exact) mass is 354 g/mol. The lowest BCUT2D eigenvalue weighted by atomic mass is 9.99. The average molecular weight is 355 g/mol. The maximum Gasteiger partial charge on any atom is 0.253 e. The second-order valence-electron chi connectivity index (χ2n) is 6.01. The van der Waals surface area contributed by atoms with Crippen LogP contribution in [0.15, 0.2) is 28.7 Å². The summed E-state index contributed by atoms with van der Waals surface area (Å²) in [5, 5.41) is 9.33. The van der Waals surface area contributed by atoms with Gasteiger partial charge in [0.25, 0.3) is 5.91 Å². The maximum absolute atomic E-state index is 12.5. The first-order valence-electron chi connectivity index (χ1n) is 7.31. The van der Waals surface area contributed by atoms with Gasteiger partial charge in [0.15, 0.2) is 0 Å². The van der Waals surface area contributed by atoms with E-state index in [4.69, 9.17) is 0 Å². The van der Waals surface area contributed by atoms with E-state index < -0.39 is 0 Å². The number of benzene rings is 1. The number of β-amino-alcohol motifs (C(OH)–C–C–N with tert-alkyl or cyclic N) is 1. The number of aliphatic hydroxyl groups excluding tert-OH is 1. The molecule has 1 fully saturated rings. The minimum Gasteiger partial charge on any atom is -0.390 e. The molecule has 1 aromatic rings. The molecule has 1 amide bonds. The van der Waals surface area contributed by atoms with Crippen molar-refractivity contribution in [1.82, 2.24) is 9.80 Å². The van der Waals surface area contributed by atoms with Gasteiger partial charge in [-0.1, -0.05) is 22.9 Å². The van der Waals surface area contributed by atoms with Crippen LogP contribution in [0.1, 0.15) is 24.2 Å². The molecule has 0 radical (unpaired) electrons. The van der Waals surface area contributed by atoms with Crippen molar-refractivity contribution in [2.45, 2.75) is 26.0 Å². The number of carbonyl (C=O) groups is 1. The Morgan fingerprint density at radius 1 is 1.38 bits per heavy atom. The third-order valence-electron chi connectivity index (χ3n) is 4.33. The van der Waals surface area contributed by atoms with E-state index in [1.54, 1.807) is 0 Å². The molecule has 0 aromatic heterocycles. The Bertz CT molecular complexity index is 486. The number of hydrogen-bond donors (Lipinski definition) is 1. The van der Waals surface area contributed by atoms with Crippen LogP contribution in [-0.4, -0.2) is 59.6 Å². The van der Waals surface area contributed by atoms with Gasteiger partial charge in [-0.15, -0.1) is 0 Å². The van der Waals surface area contributed by atoms with Gasteiger partial charge < -0.3 is 10.0 Å². The Morgan fingerprint density at radius 3 is 2.48 bits per heavy atom. The normalized spacial score (nSPS) is 18.9. The van der Waals surface area contributed by atoms with Gasteiger partial charge in [0.2, 0.25) is 0 Å². The highest BCUT2D eigenvalue weighted by molar-refractivity contribution is 9.10. The fraction of sp³-hybridized carbons (Fsp3) is 0.562. The molecular formula is C16H23BrN2O2. The number of likely N-dealkylation sites (tertiary alicyclic amines) is 1. The van der Waals surface area contributed by atoms with Crippen LogP contribution in [0.2, 0.25) is 0 Å². The molecule has 1 saturated heterocycles. The van der Waals surface area contributed by atoms with E-state index in [1.807, 2.05) is 36.2 Å². The second kappa shape index (κ2) is 6.90. The fourth-order valence-corrected chi connectivity index (χ4v) is 2.88. The molecule has 1 aromatic carbocycles. The van der Waals surface area contributed by atoms with E-state index in [-0.39, 0.29) is 18.1 Å². The molecule has 21 heavy (non-hydrogen) atoms. The maximum atomic E-state index is 12.5. The first kappa shape index (κ1) is 16.5. The Labute approximate surface area is 134 Å². The first-order valence-corrected chi connectivity index (χ1v) is 8.11. The lowest BCUT2D eigenvalue weighted by Crippen LogP contribution is -2.54. The molecule has 4 nitrogen and oxygen atoms in total. The zero-order valence-corrected chi connectivity index (χ0v) is 14.4. The molecule has 0 saturated carbocycles. The largest absolute Gasteiger partial charge is 0.390 e. The number of amides is 1. The third kappa shape index (κ3) is 4.05. The van der Waals surface area contributed by atoms with Crippen molar-refractivity contribution < 1.29 is 9.90 Å². The molecule has 1 heterocycles. The predicted octanol–water partition coefficient (Wildman–Crippen LogP) is 2.22. The van der Waals surface area contributed by atoms with Crippen LogP contribution < -0.4 is 0 Å². The molecule has 0 bridgehead atoms.